The summed E-state index contributed by atoms with van der Waals surface area (Å²) in [4.78, 5) is 16.3. The normalized spacial score (nSPS) is 11.2. The molecule has 0 aromatic heterocycles. The molecule has 122 valence electrons. The van der Waals surface area contributed by atoms with Crippen molar-refractivity contribution in [3.8, 4) is 0 Å². The largest absolute Gasteiger partial charge is 0.389 e. The molecule has 23 heavy (non-hydrogen) atoms. The number of aliphatic hydroxyl groups is 1. The van der Waals surface area contributed by atoms with Crippen LogP contribution in [0.5, 0.6) is 0 Å². The summed E-state index contributed by atoms with van der Waals surface area (Å²) in [7, 11) is 3.65. The van der Waals surface area contributed by atoms with Crippen molar-refractivity contribution in [3.05, 3.63) is 60.2 Å². The second kappa shape index (κ2) is 6.84. The van der Waals surface area contributed by atoms with Gasteiger partial charge in [0.2, 0.25) is 0 Å². The van der Waals surface area contributed by atoms with Crippen molar-refractivity contribution in [2.24, 2.45) is 0 Å². The lowest BCUT2D eigenvalue weighted by molar-refractivity contribution is 0.0368. The van der Waals surface area contributed by atoms with Crippen LogP contribution < -0.4 is 4.90 Å². The maximum atomic E-state index is 12.8. The number of carbonyl (C=O) groups is 1. The van der Waals surface area contributed by atoms with Gasteiger partial charge in [0.05, 0.1) is 16.9 Å². The van der Waals surface area contributed by atoms with Crippen LogP contribution in [-0.2, 0) is 0 Å². The topological polar surface area (TPSA) is 43.8 Å². The van der Waals surface area contributed by atoms with Gasteiger partial charge < -0.3 is 14.9 Å². The molecule has 0 heterocycles. The molecule has 0 spiro atoms. The van der Waals surface area contributed by atoms with Gasteiger partial charge in [0.1, 0.15) is 0 Å². The molecular weight excluding hydrogens is 288 g/mol. The molecular formula is C19H24N2O2. The molecule has 0 atom stereocenters. The summed E-state index contributed by atoms with van der Waals surface area (Å²) in [5.74, 6) is -0.106. The van der Waals surface area contributed by atoms with E-state index in [1.54, 1.807) is 25.8 Å². The van der Waals surface area contributed by atoms with Gasteiger partial charge >= 0.3 is 0 Å². The van der Waals surface area contributed by atoms with Crippen LogP contribution in [0, 0.1) is 0 Å². The van der Waals surface area contributed by atoms with Crippen LogP contribution in [0.1, 0.15) is 24.2 Å². The van der Waals surface area contributed by atoms with Gasteiger partial charge in [-0.2, -0.15) is 0 Å². The molecule has 0 unspecified atom stereocenters. The zero-order valence-electron chi connectivity index (χ0n) is 14.2. The highest BCUT2D eigenvalue weighted by atomic mass is 16.3. The number of hydrogen-bond acceptors (Lipinski definition) is 3. The highest BCUT2D eigenvalue weighted by molar-refractivity contribution is 6.00. The second-order valence-electron chi connectivity index (χ2n) is 6.39. The van der Waals surface area contributed by atoms with Crippen molar-refractivity contribution in [1.29, 1.82) is 0 Å². The Balaban J connectivity index is 2.32. The molecule has 1 N–H and O–H groups in total. The zero-order chi connectivity index (χ0) is 17.0. The van der Waals surface area contributed by atoms with E-state index in [0.29, 0.717) is 5.56 Å². The van der Waals surface area contributed by atoms with Crippen molar-refractivity contribution in [1.82, 2.24) is 4.90 Å². The van der Waals surface area contributed by atoms with E-state index < -0.39 is 5.60 Å². The molecule has 4 heteroatoms. The molecule has 0 fully saturated rings. The first-order chi connectivity index (χ1) is 10.8. The smallest absolute Gasteiger partial charge is 0.255 e. The van der Waals surface area contributed by atoms with Gasteiger partial charge in [-0.1, -0.05) is 30.3 Å². The minimum Gasteiger partial charge on any atom is -0.389 e. The third-order valence-corrected chi connectivity index (χ3v) is 3.61. The molecule has 0 aliphatic heterocycles. The Morgan fingerprint density at radius 2 is 1.57 bits per heavy atom. The molecule has 2 aromatic rings. The van der Waals surface area contributed by atoms with Crippen molar-refractivity contribution in [2.45, 2.75) is 19.4 Å². The van der Waals surface area contributed by atoms with Crippen molar-refractivity contribution < 1.29 is 9.90 Å². The van der Waals surface area contributed by atoms with E-state index in [9.17, 15) is 9.90 Å². The fraction of sp³-hybridized carbons (Fsp3) is 0.316. The van der Waals surface area contributed by atoms with E-state index in [2.05, 4.69) is 0 Å². The third kappa shape index (κ3) is 4.33. The van der Waals surface area contributed by atoms with E-state index >= 15 is 0 Å². The van der Waals surface area contributed by atoms with E-state index in [4.69, 9.17) is 0 Å². The molecule has 0 aliphatic carbocycles. The Labute approximate surface area is 138 Å². The maximum Gasteiger partial charge on any atom is 0.255 e. The molecule has 0 aliphatic rings. The van der Waals surface area contributed by atoms with Crippen LogP contribution in [0.25, 0.3) is 0 Å². The van der Waals surface area contributed by atoms with E-state index in [1.807, 2.05) is 66.5 Å². The van der Waals surface area contributed by atoms with Crippen molar-refractivity contribution in [2.75, 3.05) is 25.5 Å². The highest BCUT2D eigenvalue weighted by Crippen LogP contribution is 2.27. The van der Waals surface area contributed by atoms with Crippen LogP contribution in [0.15, 0.2) is 54.6 Å². The van der Waals surface area contributed by atoms with Crippen LogP contribution in [0.3, 0.4) is 0 Å². The summed E-state index contributed by atoms with van der Waals surface area (Å²) in [6.45, 7) is 3.66. The molecule has 0 bridgehead atoms. The zero-order valence-corrected chi connectivity index (χ0v) is 14.2. The van der Waals surface area contributed by atoms with Gasteiger partial charge in [-0.05, 0) is 38.1 Å². The summed E-state index contributed by atoms with van der Waals surface area (Å²) < 4.78 is 0. The number of amides is 1. The number of likely N-dealkylation sites (N-methyl/N-ethyl adjacent to an activating group) is 1. The Morgan fingerprint density at radius 3 is 2.17 bits per heavy atom. The number of hydrogen-bond donors (Lipinski definition) is 1. The van der Waals surface area contributed by atoms with E-state index in [-0.39, 0.29) is 12.5 Å². The van der Waals surface area contributed by atoms with Crippen LogP contribution in [-0.4, -0.2) is 42.2 Å². The summed E-state index contributed by atoms with van der Waals surface area (Å²) >= 11 is 0. The molecule has 0 radical (unpaired) electrons. The van der Waals surface area contributed by atoms with Gasteiger partial charge in [0.15, 0.2) is 0 Å². The fourth-order valence-corrected chi connectivity index (χ4v) is 2.60. The predicted octanol–water partition coefficient (Wildman–Crippen LogP) is 3.30. The van der Waals surface area contributed by atoms with Crippen LogP contribution >= 0.6 is 0 Å². The Morgan fingerprint density at radius 1 is 1.00 bits per heavy atom. The first kappa shape index (κ1) is 17.0. The summed E-state index contributed by atoms with van der Waals surface area (Å²) in [5.41, 5.74) is 1.54. The lowest BCUT2D eigenvalue weighted by atomic mass is 10.1. The average molecular weight is 312 g/mol. The van der Waals surface area contributed by atoms with Gasteiger partial charge in [0.25, 0.3) is 5.91 Å². The Hall–Kier alpha value is -2.33. The predicted molar refractivity (Wildman–Crippen MR) is 94.2 cm³/mol. The molecule has 2 aromatic carbocycles. The number of benzene rings is 2. The van der Waals surface area contributed by atoms with Crippen LogP contribution in [0.2, 0.25) is 0 Å². The highest BCUT2D eigenvalue weighted by Gasteiger charge is 2.23. The lowest BCUT2D eigenvalue weighted by Gasteiger charge is -2.28. The minimum absolute atomic E-state index is 0.106. The minimum atomic E-state index is -0.926. The van der Waals surface area contributed by atoms with E-state index in [0.717, 1.165) is 11.4 Å². The summed E-state index contributed by atoms with van der Waals surface area (Å²) in [6.07, 6.45) is 0. The van der Waals surface area contributed by atoms with Gasteiger partial charge in [-0.15, -0.1) is 0 Å². The summed E-state index contributed by atoms with van der Waals surface area (Å²) in [6, 6.07) is 17.4. The number of anilines is 2. The third-order valence-electron chi connectivity index (χ3n) is 3.61. The standard InChI is InChI=1S/C19H24N2O2/c1-19(2,23)14-20(3)18(22)16-12-8-9-13-17(16)21(4)15-10-6-5-7-11-15/h5-13,23H,14H2,1-4H3. The number of rotatable bonds is 5. The Bertz CT molecular complexity index is 663. The van der Waals surface area contributed by atoms with Gasteiger partial charge in [0, 0.05) is 26.3 Å². The van der Waals surface area contributed by atoms with E-state index in [1.165, 1.54) is 0 Å². The second-order valence-corrected chi connectivity index (χ2v) is 6.39. The Kier molecular flexibility index (Phi) is 5.06. The molecule has 2 rings (SSSR count). The lowest BCUT2D eigenvalue weighted by Crippen LogP contribution is -2.40. The van der Waals surface area contributed by atoms with Crippen LogP contribution in [0.4, 0.5) is 11.4 Å². The van der Waals surface area contributed by atoms with Crippen molar-refractivity contribution >= 4 is 17.3 Å². The fourth-order valence-electron chi connectivity index (χ4n) is 2.60. The number of nitrogens with zero attached hydrogens (tertiary/aromatic N) is 2. The van der Waals surface area contributed by atoms with Gasteiger partial charge in [-0.3, -0.25) is 4.79 Å². The summed E-state index contributed by atoms with van der Waals surface area (Å²) in [5, 5.41) is 9.94. The number of carbonyl (C=O) groups excluding carboxylic acids is 1. The average Bonchev–Trinajstić information content (AvgIpc) is 2.52. The maximum absolute atomic E-state index is 12.8. The van der Waals surface area contributed by atoms with Crippen molar-refractivity contribution in [3.63, 3.8) is 0 Å². The molecule has 4 nitrogen and oxygen atoms in total. The first-order valence-electron chi connectivity index (χ1n) is 7.65. The molecule has 1 amide bonds. The van der Waals surface area contributed by atoms with Gasteiger partial charge in [-0.25, -0.2) is 0 Å². The molecule has 0 saturated carbocycles. The monoisotopic (exact) mass is 312 g/mol. The molecule has 0 saturated heterocycles. The first-order valence-corrected chi connectivity index (χ1v) is 7.65. The number of para-hydroxylation sites is 2. The SMILES string of the molecule is CN(CC(C)(C)O)C(=O)c1ccccc1N(C)c1ccccc1. The quantitative estimate of drug-likeness (QED) is 0.921.